The van der Waals surface area contributed by atoms with Crippen LogP contribution in [0.4, 0.5) is 0 Å². The molecule has 0 radical (unpaired) electrons. The van der Waals surface area contributed by atoms with E-state index in [4.69, 9.17) is 18.5 Å². The van der Waals surface area contributed by atoms with Gasteiger partial charge in [0.05, 0.1) is 27.7 Å². The summed E-state index contributed by atoms with van der Waals surface area (Å²) in [6.07, 6.45) is 51.2. The van der Waals surface area contributed by atoms with Crippen molar-refractivity contribution in [3.05, 3.63) is 60.8 Å². The SMILES string of the molecule is CC/C=C\C/C=C\C/C=C\CCCCCCCCCC(=O)OC(COC(=O)CCCCCCCCCCC/C=C\C/C=C\CCCCC)COP(=O)(O)OCC[N+](C)(C)C. The number of nitrogens with zero attached hydrogens (tertiary/aromatic N) is 1. The van der Waals surface area contributed by atoms with Crippen molar-refractivity contribution >= 4 is 19.8 Å². The third-order valence-electron chi connectivity index (χ3n) is 10.0. The summed E-state index contributed by atoms with van der Waals surface area (Å²) in [5.41, 5.74) is 0. The molecule has 0 bridgehead atoms. The summed E-state index contributed by atoms with van der Waals surface area (Å²) in [4.78, 5) is 35.5. The van der Waals surface area contributed by atoms with Gasteiger partial charge in [-0.1, -0.05) is 164 Å². The molecule has 2 unspecified atom stereocenters. The van der Waals surface area contributed by atoms with Crippen LogP contribution in [-0.2, 0) is 32.7 Å². The number of ether oxygens (including phenoxy) is 2. The molecule has 0 saturated carbocycles. The van der Waals surface area contributed by atoms with E-state index in [0.29, 0.717) is 17.4 Å². The molecule has 0 saturated heterocycles. The third-order valence-corrected chi connectivity index (χ3v) is 11.0. The van der Waals surface area contributed by atoms with Crippen molar-refractivity contribution in [2.45, 2.75) is 200 Å². The first kappa shape index (κ1) is 57.7. The van der Waals surface area contributed by atoms with Crippen molar-refractivity contribution in [3.8, 4) is 0 Å². The Morgan fingerprint density at radius 1 is 0.533 bits per heavy atom. The van der Waals surface area contributed by atoms with Crippen LogP contribution in [0.25, 0.3) is 0 Å². The van der Waals surface area contributed by atoms with Gasteiger partial charge in [-0.15, -0.1) is 0 Å². The predicted molar refractivity (Wildman–Crippen MR) is 252 cm³/mol. The fraction of sp³-hybridized carbons (Fsp3) is 0.760. The molecule has 0 spiro atoms. The van der Waals surface area contributed by atoms with Crippen molar-refractivity contribution in [1.29, 1.82) is 0 Å². The highest BCUT2D eigenvalue weighted by Crippen LogP contribution is 2.43. The van der Waals surface area contributed by atoms with Gasteiger partial charge < -0.3 is 18.9 Å². The molecule has 348 valence electrons. The second-order valence-electron chi connectivity index (χ2n) is 17.1. The van der Waals surface area contributed by atoms with Crippen LogP contribution in [0.2, 0.25) is 0 Å². The monoisotopic (exact) mass is 865 g/mol. The molecule has 10 heteroatoms. The number of rotatable bonds is 43. The first-order valence-corrected chi connectivity index (χ1v) is 25.5. The number of allylic oxidation sites excluding steroid dienone is 10. The smallest absolute Gasteiger partial charge is 0.462 e. The minimum Gasteiger partial charge on any atom is -0.462 e. The summed E-state index contributed by atoms with van der Waals surface area (Å²) in [5.74, 6) is -0.815. The highest BCUT2D eigenvalue weighted by Gasteiger charge is 2.27. The molecule has 0 aromatic rings. The van der Waals surface area contributed by atoms with Gasteiger partial charge in [0.25, 0.3) is 0 Å². The van der Waals surface area contributed by atoms with Crippen molar-refractivity contribution in [2.75, 3.05) is 47.5 Å². The Morgan fingerprint density at radius 2 is 0.950 bits per heavy atom. The standard InChI is InChI=1S/C50H90NO8P/c1-6-8-10-12-14-16-18-20-22-24-25-27-28-30-32-34-36-38-40-42-49(52)56-46-48(47-58-60(54,55)57-45-44-51(3,4)5)59-50(53)43-41-39-37-35-33-31-29-26-23-21-19-17-15-13-11-9-7-2/h9,11,14-17,20-23,48H,6-8,10,12-13,18-19,24-47H2,1-5H3/p+1/b11-9-,16-14-,17-15-,22-20-,23-21-. The Labute approximate surface area is 368 Å². The second-order valence-corrected chi connectivity index (χ2v) is 18.6. The maximum absolute atomic E-state index is 12.7. The average Bonchev–Trinajstić information content (AvgIpc) is 3.20. The van der Waals surface area contributed by atoms with E-state index in [1.807, 2.05) is 21.1 Å². The summed E-state index contributed by atoms with van der Waals surface area (Å²) in [6.45, 7) is 4.27. The van der Waals surface area contributed by atoms with E-state index in [1.54, 1.807) is 0 Å². The summed E-state index contributed by atoms with van der Waals surface area (Å²) < 4.78 is 34.4. The van der Waals surface area contributed by atoms with Crippen molar-refractivity contribution in [3.63, 3.8) is 0 Å². The predicted octanol–water partition coefficient (Wildman–Crippen LogP) is 14.0. The fourth-order valence-corrected chi connectivity index (χ4v) is 7.04. The van der Waals surface area contributed by atoms with E-state index >= 15 is 0 Å². The van der Waals surface area contributed by atoms with Gasteiger partial charge in [0.2, 0.25) is 0 Å². The quantitative estimate of drug-likeness (QED) is 0.0212. The minimum atomic E-state index is -4.38. The summed E-state index contributed by atoms with van der Waals surface area (Å²) in [7, 11) is 1.46. The lowest BCUT2D eigenvalue weighted by atomic mass is 10.1. The molecule has 0 aromatic heterocycles. The molecule has 0 aliphatic rings. The topological polar surface area (TPSA) is 108 Å². The molecule has 60 heavy (non-hydrogen) atoms. The maximum Gasteiger partial charge on any atom is 0.472 e. The number of esters is 2. The number of carbonyl (C=O) groups is 2. The molecule has 0 fully saturated rings. The van der Waals surface area contributed by atoms with Crippen LogP contribution >= 0.6 is 7.82 Å². The Balaban J connectivity index is 4.32. The number of phosphoric acid groups is 1. The van der Waals surface area contributed by atoms with E-state index in [2.05, 4.69) is 74.6 Å². The summed E-state index contributed by atoms with van der Waals surface area (Å²) in [5, 5.41) is 0. The van der Waals surface area contributed by atoms with Gasteiger partial charge in [0.1, 0.15) is 19.8 Å². The van der Waals surface area contributed by atoms with E-state index in [0.717, 1.165) is 70.6 Å². The van der Waals surface area contributed by atoms with E-state index in [-0.39, 0.29) is 32.0 Å². The summed E-state index contributed by atoms with van der Waals surface area (Å²) >= 11 is 0. The average molecular weight is 865 g/mol. The minimum absolute atomic E-state index is 0.0266. The zero-order chi connectivity index (χ0) is 44.3. The van der Waals surface area contributed by atoms with E-state index in [9.17, 15) is 19.0 Å². The molecule has 9 nitrogen and oxygen atoms in total. The summed E-state index contributed by atoms with van der Waals surface area (Å²) in [6, 6.07) is 0. The molecular formula is C50H91NO8P+. The lowest BCUT2D eigenvalue weighted by Crippen LogP contribution is -2.37. The molecule has 0 amide bonds. The molecule has 0 aliphatic heterocycles. The van der Waals surface area contributed by atoms with Gasteiger partial charge in [-0.3, -0.25) is 18.6 Å². The molecular weight excluding hydrogens is 774 g/mol. The van der Waals surface area contributed by atoms with Gasteiger partial charge in [-0.25, -0.2) is 4.57 Å². The lowest BCUT2D eigenvalue weighted by Gasteiger charge is -2.24. The van der Waals surface area contributed by atoms with Gasteiger partial charge >= 0.3 is 19.8 Å². The van der Waals surface area contributed by atoms with Crippen LogP contribution in [0.3, 0.4) is 0 Å². The molecule has 2 atom stereocenters. The lowest BCUT2D eigenvalue weighted by molar-refractivity contribution is -0.870. The fourth-order valence-electron chi connectivity index (χ4n) is 6.29. The Bertz CT molecular complexity index is 1210. The largest absolute Gasteiger partial charge is 0.472 e. The number of phosphoric ester groups is 1. The zero-order valence-electron chi connectivity index (χ0n) is 39.2. The maximum atomic E-state index is 12.7. The number of hydrogen-bond donors (Lipinski definition) is 1. The molecule has 0 rings (SSSR count). The number of hydrogen-bond acceptors (Lipinski definition) is 7. The Hall–Kier alpha value is -2.29. The molecule has 1 N–H and O–H groups in total. The first-order valence-electron chi connectivity index (χ1n) is 24.0. The van der Waals surface area contributed by atoms with Crippen LogP contribution in [0, 0.1) is 0 Å². The highest BCUT2D eigenvalue weighted by molar-refractivity contribution is 7.47. The van der Waals surface area contributed by atoms with Crippen LogP contribution in [0.5, 0.6) is 0 Å². The highest BCUT2D eigenvalue weighted by atomic mass is 31.2. The van der Waals surface area contributed by atoms with Gasteiger partial charge in [-0.2, -0.15) is 0 Å². The zero-order valence-corrected chi connectivity index (χ0v) is 40.1. The Morgan fingerprint density at radius 3 is 1.42 bits per heavy atom. The second kappa shape index (κ2) is 42.0. The molecule has 0 aromatic carbocycles. The van der Waals surface area contributed by atoms with Crippen molar-refractivity contribution < 1.29 is 42.1 Å². The van der Waals surface area contributed by atoms with Crippen LogP contribution in [0.15, 0.2) is 60.8 Å². The van der Waals surface area contributed by atoms with Gasteiger partial charge in [0, 0.05) is 12.8 Å². The van der Waals surface area contributed by atoms with E-state index in [1.165, 1.54) is 89.9 Å². The van der Waals surface area contributed by atoms with Crippen LogP contribution < -0.4 is 0 Å². The first-order chi connectivity index (χ1) is 29.0. The number of likely N-dealkylation sites (N-methyl/N-ethyl adjacent to an activating group) is 1. The normalized spacial score (nSPS) is 14.0. The van der Waals surface area contributed by atoms with Crippen molar-refractivity contribution in [2.24, 2.45) is 0 Å². The van der Waals surface area contributed by atoms with Crippen molar-refractivity contribution in [1.82, 2.24) is 0 Å². The van der Waals surface area contributed by atoms with E-state index < -0.39 is 26.5 Å². The number of quaternary nitrogens is 1. The number of unbranched alkanes of at least 4 members (excludes halogenated alkanes) is 19. The third kappa shape index (κ3) is 45.2. The Kier molecular flexibility index (Phi) is 40.4. The van der Waals surface area contributed by atoms with Crippen LogP contribution in [-0.4, -0.2) is 74.9 Å². The number of carbonyl (C=O) groups excluding carboxylic acids is 2. The van der Waals surface area contributed by atoms with Gasteiger partial charge in [-0.05, 0) is 77.0 Å². The van der Waals surface area contributed by atoms with Gasteiger partial charge in [0.15, 0.2) is 6.10 Å². The van der Waals surface area contributed by atoms with Crippen LogP contribution in [0.1, 0.15) is 194 Å². The molecule has 0 aliphatic carbocycles. The molecule has 0 heterocycles.